The number of aliphatic carboxylic acids is 2. The van der Waals surface area contributed by atoms with Crippen molar-refractivity contribution < 1.29 is 29.3 Å². The number of pyridine rings is 1. The van der Waals surface area contributed by atoms with Gasteiger partial charge < -0.3 is 20.3 Å². The summed E-state index contributed by atoms with van der Waals surface area (Å²) in [6.45, 7) is 1.88. The molecule has 2 aromatic rings. The van der Waals surface area contributed by atoms with E-state index in [-0.39, 0.29) is 34.3 Å². The monoisotopic (exact) mass is 390 g/mol. The molecule has 2 heterocycles. The van der Waals surface area contributed by atoms with Gasteiger partial charge in [-0.1, -0.05) is 17.7 Å². The average molecular weight is 391 g/mol. The van der Waals surface area contributed by atoms with Crippen molar-refractivity contribution >= 4 is 35.1 Å². The third-order valence-electron chi connectivity index (χ3n) is 4.42. The van der Waals surface area contributed by atoms with Crippen LogP contribution >= 0.6 is 11.6 Å². The van der Waals surface area contributed by atoms with Crippen molar-refractivity contribution in [1.29, 1.82) is 0 Å². The van der Waals surface area contributed by atoms with Gasteiger partial charge >= 0.3 is 11.9 Å². The van der Waals surface area contributed by atoms with Crippen LogP contribution in [0.25, 0.3) is 0 Å². The number of nitrogens with zero attached hydrogens (tertiary/aromatic N) is 1. The number of anilines is 1. The first-order valence-corrected chi connectivity index (χ1v) is 8.37. The Labute approximate surface area is 158 Å². The number of benzene rings is 1. The Morgan fingerprint density at radius 1 is 1.26 bits per heavy atom. The molecule has 0 radical (unpaired) electrons. The van der Waals surface area contributed by atoms with E-state index < -0.39 is 29.2 Å². The number of carboxylic acids is 2. The van der Waals surface area contributed by atoms with Crippen LogP contribution in [0.1, 0.15) is 18.1 Å². The second-order valence-electron chi connectivity index (χ2n) is 5.85. The minimum atomic E-state index is -2.12. The zero-order valence-electron chi connectivity index (χ0n) is 14.1. The highest BCUT2D eigenvalue weighted by Gasteiger charge is 2.61. The van der Waals surface area contributed by atoms with Crippen LogP contribution in [0.4, 0.5) is 5.69 Å². The molecule has 1 aromatic carbocycles. The summed E-state index contributed by atoms with van der Waals surface area (Å²) in [4.78, 5) is 41.1. The summed E-state index contributed by atoms with van der Waals surface area (Å²) in [5, 5.41) is 22.2. The third-order valence-corrected chi connectivity index (χ3v) is 4.65. The number of amides is 1. The molecule has 1 aliphatic rings. The fraction of sp³-hybridized carbons (Fsp3) is 0.222. The van der Waals surface area contributed by atoms with Crippen molar-refractivity contribution in [2.45, 2.75) is 12.3 Å². The lowest BCUT2D eigenvalue weighted by Crippen LogP contribution is -2.50. The normalized spacial score (nSPS) is 18.1. The van der Waals surface area contributed by atoms with E-state index >= 15 is 0 Å². The van der Waals surface area contributed by atoms with Gasteiger partial charge in [0, 0.05) is 22.5 Å². The van der Waals surface area contributed by atoms with Crippen molar-refractivity contribution in [3.05, 3.63) is 52.7 Å². The molecule has 9 heteroatoms. The van der Waals surface area contributed by atoms with E-state index in [9.17, 15) is 24.6 Å². The summed E-state index contributed by atoms with van der Waals surface area (Å²) >= 11 is 6.07. The molecule has 0 fully saturated rings. The van der Waals surface area contributed by atoms with Crippen molar-refractivity contribution in [3.8, 4) is 5.88 Å². The number of hydrogen-bond donors (Lipinski definition) is 3. The molecule has 140 valence electrons. The third kappa shape index (κ3) is 2.78. The Hall–Kier alpha value is -3.13. The van der Waals surface area contributed by atoms with Crippen molar-refractivity contribution in [2.24, 2.45) is 5.92 Å². The molecule has 3 rings (SSSR count). The van der Waals surface area contributed by atoms with Gasteiger partial charge in [0.05, 0.1) is 6.61 Å². The fourth-order valence-corrected chi connectivity index (χ4v) is 3.60. The van der Waals surface area contributed by atoms with E-state index in [4.69, 9.17) is 16.3 Å². The van der Waals surface area contributed by atoms with E-state index in [1.807, 2.05) is 0 Å². The molecule has 1 atom stereocenters. The highest BCUT2D eigenvalue weighted by atomic mass is 35.5. The number of carbonyl (C=O) groups excluding carboxylic acids is 1. The molecule has 1 aromatic heterocycles. The highest BCUT2D eigenvalue weighted by Crippen LogP contribution is 2.51. The van der Waals surface area contributed by atoms with Crippen LogP contribution < -0.4 is 10.1 Å². The Balaban J connectivity index is 2.44. The summed E-state index contributed by atoms with van der Waals surface area (Å²) in [5.74, 6) is -6.28. The first-order valence-electron chi connectivity index (χ1n) is 7.99. The number of halogens is 1. The highest BCUT2D eigenvalue weighted by molar-refractivity contribution is 6.31. The quantitative estimate of drug-likeness (QED) is 0.645. The Bertz CT molecular complexity index is 933. The number of nitrogens with one attached hydrogen (secondary N) is 1. The van der Waals surface area contributed by atoms with Gasteiger partial charge in [-0.3, -0.25) is 14.4 Å². The second-order valence-corrected chi connectivity index (χ2v) is 6.29. The van der Waals surface area contributed by atoms with E-state index in [1.165, 1.54) is 36.5 Å². The summed E-state index contributed by atoms with van der Waals surface area (Å²) in [5.41, 5.74) is -1.64. The lowest BCUT2D eigenvalue weighted by Gasteiger charge is -2.32. The molecule has 0 aliphatic carbocycles. The maximum Gasteiger partial charge on any atom is 0.319 e. The van der Waals surface area contributed by atoms with E-state index in [0.29, 0.717) is 0 Å². The van der Waals surface area contributed by atoms with Crippen LogP contribution in [0.2, 0.25) is 5.02 Å². The molecule has 1 unspecified atom stereocenters. The van der Waals surface area contributed by atoms with Crippen LogP contribution in [-0.4, -0.2) is 39.6 Å². The summed E-state index contributed by atoms with van der Waals surface area (Å²) in [7, 11) is 0. The zero-order valence-corrected chi connectivity index (χ0v) is 14.9. The molecule has 8 nitrogen and oxygen atoms in total. The zero-order chi connectivity index (χ0) is 19.8. The van der Waals surface area contributed by atoms with Gasteiger partial charge in [0.15, 0.2) is 5.92 Å². The van der Waals surface area contributed by atoms with Gasteiger partial charge in [-0.2, -0.15) is 0 Å². The predicted molar refractivity (Wildman–Crippen MR) is 95.0 cm³/mol. The van der Waals surface area contributed by atoms with Gasteiger partial charge in [0.2, 0.25) is 11.8 Å². The van der Waals surface area contributed by atoms with E-state index in [2.05, 4.69) is 10.3 Å². The van der Waals surface area contributed by atoms with Crippen LogP contribution in [0, 0.1) is 5.92 Å². The van der Waals surface area contributed by atoms with Crippen molar-refractivity contribution in [3.63, 3.8) is 0 Å². The molecule has 0 bridgehead atoms. The number of aromatic nitrogens is 1. The number of rotatable bonds is 6. The second kappa shape index (κ2) is 6.88. The lowest BCUT2D eigenvalue weighted by atomic mass is 9.66. The molecular weight excluding hydrogens is 376 g/mol. The first kappa shape index (κ1) is 18.7. The minimum absolute atomic E-state index is 0.0181. The Morgan fingerprint density at radius 3 is 2.59 bits per heavy atom. The summed E-state index contributed by atoms with van der Waals surface area (Å²) in [6.07, 6.45) is 1.41. The van der Waals surface area contributed by atoms with Crippen LogP contribution in [0.5, 0.6) is 5.88 Å². The standard InChI is InChI=1S/C18H15ClN2O6/c1-2-27-14-10(4-3-7-20-14)18(13(15(22)23)16(24)25)11-8-9(19)5-6-12(11)21-17(18)26/h3-8,13H,2H2,1H3,(H,21,26)(H,22,23)(H,24,25). The van der Waals surface area contributed by atoms with Crippen molar-refractivity contribution in [2.75, 3.05) is 11.9 Å². The molecule has 3 N–H and O–H groups in total. The lowest BCUT2D eigenvalue weighted by molar-refractivity contribution is -0.159. The number of carbonyl (C=O) groups is 3. The van der Waals surface area contributed by atoms with Gasteiger partial charge in [-0.25, -0.2) is 4.98 Å². The number of fused-ring (bicyclic) bond motifs is 1. The number of ether oxygens (including phenoxy) is 1. The van der Waals surface area contributed by atoms with Gasteiger partial charge in [0.1, 0.15) is 5.41 Å². The minimum Gasteiger partial charge on any atom is -0.481 e. The van der Waals surface area contributed by atoms with Crippen LogP contribution in [0.3, 0.4) is 0 Å². The van der Waals surface area contributed by atoms with Crippen LogP contribution in [0.15, 0.2) is 36.5 Å². The average Bonchev–Trinajstić information content (AvgIpc) is 2.88. The van der Waals surface area contributed by atoms with Crippen molar-refractivity contribution in [1.82, 2.24) is 4.98 Å². The van der Waals surface area contributed by atoms with E-state index in [0.717, 1.165) is 0 Å². The SMILES string of the molecule is CCOc1ncccc1C1(C(C(=O)O)C(=O)O)C(=O)Nc2ccc(Cl)cc21. The Kier molecular flexibility index (Phi) is 4.75. The molecule has 0 saturated carbocycles. The summed E-state index contributed by atoms with van der Waals surface area (Å²) in [6, 6.07) is 7.31. The topological polar surface area (TPSA) is 126 Å². The molecular formula is C18H15ClN2O6. The summed E-state index contributed by atoms with van der Waals surface area (Å²) < 4.78 is 5.47. The smallest absolute Gasteiger partial charge is 0.319 e. The maximum atomic E-state index is 13.1. The number of carboxylic acid groups (broad SMARTS) is 2. The van der Waals surface area contributed by atoms with Gasteiger partial charge in [-0.15, -0.1) is 0 Å². The molecule has 0 spiro atoms. The molecule has 1 amide bonds. The maximum absolute atomic E-state index is 13.1. The molecule has 0 saturated heterocycles. The van der Waals surface area contributed by atoms with E-state index in [1.54, 1.807) is 6.92 Å². The van der Waals surface area contributed by atoms with Gasteiger partial charge in [-0.05, 0) is 36.8 Å². The Morgan fingerprint density at radius 2 is 1.96 bits per heavy atom. The van der Waals surface area contributed by atoms with Gasteiger partial charge in [0.25, 0.3) is 0 Å². The van der Waals surface area contributed by atoms with Crippen LogP contribution in [-0.2, 0) is 19.8 Å². The predicted octanol–water partition coefficient (Wildman–Crippen LogP) is 2.16. The largest absolute Gasteiger partial charge is 0.481 e. The molecule has 1 aliphatic heterocycles. The number of hydrogen-bond acceptors (Lipinski definition) is 5. The molecule has 27 heavy (non-hydrogen) atoms. The first-order chi connectivity index (χ1) is 12.8. The fourth-order valence-electron chi connectivity index (χ4n) is 3.42.